The van der Waals surface area contributed by atoms with Crippen LogP contribution in [0.4, 0.5) is 0 Å². The van der Waals surface area contributed by atoms with Crippen LogP contribution in [-0.4, -0.2) is 24.3 Å². The van der Waals surface area contributed by atoms with E-state index in [1.54, 1.807) is 7.11 Å². The molecule has 0 aliphatic carbocycles. The van der Waals surface area contributed by atoms with Crippen molar-refractivity contribution in [3.63, 3.8) is 0 Å². The number of ether oxygens (including phenoxy) is 2. The molecule has 148 valence electrons. The molecule has 4 heteroatoms. The molecule has 0 bridgehead atoms. The summed E-state index contributed by atoms with van der Waals surface area (Å²) in [7, 11) is 1.64. The second-order valence-electron chi connectivity index (χ2n) is 7.00. The lowest BCUT2D eigenvalue weighted by molar-refractivity contribution is -0.140. The molecule has 0 saturated heterocycles. The largest absolute Gasteiger partial charge is 0.497 e. The van der Waals surface area contributed by atoms with Gasteiger partial charge in [0.05, 0.1) is 26.2 Å². The van der Waals surface area contributed by atoms with Crippen LogP contribution in [0, 0.1) is 0 Å². The normalized spacial score (nSPS) is 12.1. The van der Waals surface area contributed by atoms with Gasteiger partial charge in [-0.1, -0.05) is 76.8 Å². The van der Waals surface area contributed by atoms with Gasteiger partial charge in [-0.2, -0.15) is 0 Å². The average molecular weight is 365 g/mol. The fraction of sp³-hybridized carbons (Fsp3) is 0.682. The maximum Gasteiger partial charge on any atom is 0.305 e. The van der Waals surface area contributed by atoms with Gasteiger partial charge in [0.25, 0.3) is 0 Å². The van der Waals surface area contributed by atoms with Gasteiger partial charge in [-0.05, 0) is 24.1 Å². The number of carboxylic acids is 1. The van der Waals surface area contributed by atoms with Crippen molar-refractivity contribution in [2.24, 2.45) is 0 Å². The van der Waals surface area contributed by atoms with Gasteiger partial charge in [-0.25, -0.2) is 0 Å². The van der Waals surface area contributed by atoms with Crippen molar-refractivity contribution in [2.45, 2.75) is 90.3 Å². The number of hydrogen-bond acceptors (Lipinski definition) is 3. The standard InChI is InChI=1S/C22H36O4/c1-3-4-5-6-7-8-9-10-11-12-21(17-22(23)24)26-18-19-13-15-20(25-2)16-14-19/h13-16,21H,3-12,17-18H2,1-2H3,(H,23,24)/t21-/m1/s1. The third-order valence-electron chi connectivity index (χ3n) is 4.68. The Morgan fingerprint density at radius 2 is 1.54 bits per heavy atom. The summed E-state index contributed by atoms with van der Waals surface area (Å²) in [6.45, 7) is 2.68. The van der Waals surface area contributed by atoms with E-state index < -0.39 is 5.97 Å². The third-order valence-corrected chi connectivity index (χ3v) is 4.68. The summed E-state index contributed by atoms with van der Waals surface area (Å²) in [6, 6.07) is 7.70. The van der Waals surface area contributed by atoms with E-state index in [1.165, 1.54) is 44.9 Å². The fourth-order valence-corrected chi connectivity index (χ4v) is 3.06. The molecule has 0 unspecified atom stereocenters. The van der Waals surface area contributed by atoms with E-state index in [4.69, 9.17) is 14.6 Å². The Bertz CT molecular complexity index is 470. The van der Waals surface area contributed by atoms with E-state index >= 15 is 0 Å². The number of methoxy groups -OCH3 is 1. The Kier molecular flexibility index (Phi) is 12.6. The van der Waals surface area contributed by atoms with Gasteiger partial charge in [0.15, 0.2) is 0 Å². The van der Waals surface area contributed by atoms with Crippen LogP contribution in [0.25, 0.3) is 0 Å². The molecular formula is C22H36O4. The second kappa shape index (κ2) is 14.6. The Morgan fingerprint density at radius 3 is 2.08 bits per heavy atom. The first-order valence-electron chi connectivity index (χ1n) is 10.1. The summed E-state index contributed by atoms with van der Waals surface area (Å²) in [5.74, 6) is 0.0196. The highest BCUT2D eigenvalue weighted by Crippen LogP contribution is 2.17. The number of carboxylic acid groups (broad SMARTS) is 1. The van der Waals surface area contributed by atoms with E-state index in [0.29, 0.717) is 6.61 Å². The summed E-state index contributed by atoms with van der Waals surface area (Å²) >= 11 is 0. The number of aliphatic carboxylic acids is 1. The molecule has 0 aromatic heterocycles. The molecule has 0 amide bonds. The van der Waals surface area contributed by atoms with E-state index in [2.05, 4.69) is 6.92 Å². The Labute approximate surface area is 158 Å². The maximum absolute atomic E-state index is 11.1. The fourth-order valence-electron chi connectivity index (χ4n) is 3.06. The van der Waals surface area contributed by atoms with Gasteiger partial charge in [-0.15, -0.1) is 0 Å². The van der Waals surface area contributed by atoms with Crippen LogP contribution in [0.2, 0.25) is 0 Å². The molecule has 0 spiro atoms. The van der Waals surface area contributed by atoms with Crippen molar-refractivity contribution >= 4 is 5.97 Å². The number of unbranched alkanes of at least 4 members (excludes halogenated alkanes) is 8. The van der Waals surface area contributed by atoms with Crippen molar-refractivity contribution in [1.82, 2.24) is 0 Å². The van der Waals surface area contributed by atoms with Crippen molar-refractivity contribution in [1.29, 1.82) is 0 Å². The van der Waals surface area contributed by atoms with Crippen LogP contribution in [0.1, 0.15) is 83.1 Å². The van der Waals surface area contributed by atoms with Crippen LogP contribution in [0.15, 0.2) is 24.3 Å². The van der Waals surface area contributed by atoms with Gasteiger partial charge in [-0.3, -0.25) is 4.79 Å². The molecule has 1 N–H and O–H groups in total. The Balaban J connectivity index is 2.20. The van der Waals surface area contributed by atoms with Crippen LogP contribution in [-0.2, 0) is 16.1 Å². The van der Waals surface area contributed by atoms with E-state index in [9.17, 15) is 4.79 Å². The van der Waals surface area contributed by atoms with E-state index in [1.807, 2.05) is 24.3 Å². The SMILES string of the molecule is CCCCCCCCCCC[C@H](CC(=O)O)OCc1ccc(OC)cc1. The molecule has 0 aliphatic heterocycles. The highest BCUT2D eigenvalue weighted by Gasteiger charge is 2.13. The minimum atomic E-state index is -0.791. The molecule has 0 heterocycles. The van der Waals surface area contributed by atoms with Crippen molar-refractivity contribution in [2.75, 3.05) is 7.11 Å². The summed E-state index contributed by atoms with van der Waals surface area (Å²) in [5.41, 5.74) is 1.04. The van der Waals surface area contributed by atoms with Crippen LogP contribution in [0.3, 0.4) is 0 Å². The number of benzene rings is 1. The summed E-state index contributed by atoms with van der Waals surface area (Å²) in [6.07, 6.45) is 12.1. The molecule has 0 aliphatic rings. The molecule has 0 radical (unpaired) electrons. The van der Waals surface area contributed by atoms with Gasteiger partial charge < -0.3 is 14.6 Å². The molecule has 4 nitrogen and oxygen atoms in total. The molecule has 1 rings (SSSR count). The number of rotatable bonds is 16. The monoisotopic (exact) mass is 364 g/mol. The molecule has 0 saturated carbocycles. The zero-order valence-electron chi connectivity index (χ0n) is 16.5. The lowest BCUT2D eigenvalue weighted by Crippen LogP contribution is -2.17. The first-order valence-corrected chi connectivity index (χ1v) is 10.1. The van der Waals surface area contributed by atoms with Crippen LogP contribution in [0.5, 0.6) is 5.75 Å². The van der Waals surface area contributed by atoms with Crippen molar-refractivity contribution < 1.29 is 19.4 Å². The smallest absolute Gasteiger partial charge is 0.305 e. The molecule has 0 fully saturated rings. The first-order chi connectivity index (χ1) is 12.7. The summed E-state index contributed by atoms with van der Waals surface area (Å²) in [4.78, 5) is 11.1. The first kappa shape index (κ1) is 22.5. The Hall–Kier alpha value is -1.55. The average Bonchev–Trinajstić information content (AvgIpc) is 2.64. The van der Waals surface area contributed by atoms with Crippen molar-refractivity contribution in [3.05, 3.63) is 29.8 Å². The van der Waals surface area contributed by atoms with Crippen LogP contribution >= 0.6 is 0 Å². The zero-order chi connectivity index (χ0) is 19.0. The van der Waals surface area contributed by atoms with Gasteiger partial charge >= 0.3 is 5.97 Å². The summed E-state index contributed by atoms with van der Waals surface area (Å²) in [5, 5.41) is 9.10. The molecule has 1 aromatic carbocycles. The molecular weight excluding hydrogens is 328 g/mol. The van der Waals surface area contributed by atoms with E-state index in [-0.39, 0.29) is 12.5 Å². The van der Waals surface area contributed by atoms with Gasteiger partial charge in [0.2, 0.25) is 0 Å². The highest BCUT2D eigenvalue weighted by molar-refractivity contribution is 5.67. The van der Waals surface area contributed by atoms with Crippen LogP contribution < -0.4 is 4.74 Å². The minimum absolute atomic E-state index is 0.0766. The Morgan fingerprint density at radius 1 is 0.962 bits per heavy atom. The zero-order valence-corrected chi connectivity index (χ0v) is 16.5. The van der Waals surface area contributed by atoms with Crippen molar-refractivity contribution in [3.8, 4) is 5.75 Å². The highest BCUT2D eigenvalue weighted by atomic mass is 16.5. The third kappa shape index (κ3) is 11.1. The predicted octanol–water partition coefficient (Wildman–Crippen LogP) is 5.98. The lowest BCUT2D eigenvalue weighted by atomic mass is 10.0. The summed E-state index contributed by atoms with van der Waals surface area (Å²) < 4.78 is 11.0. The minimum Gasteiger partial charge on any atom is -0.497 e. The van der Waals surface area contributed by atoms with Gasteiger partial charge in [0, 0.05) is 0 Å². The number of carbonyl (C=O) groups is 1. The molecule has 1 aromatic rings. The molecule has 26 heavy (non-hydrogen) atoms. The van der Waals surface area contributed by atoms with Gasteiger partial charge in [0.1, 0.15) is 5.75 Å². The number of hydrogen-bond donors (Lipinski definition) is 1. The lowest BCUT2D eigenvalue weighted by Gasteiger charge is -2.16. The topological polar surface area (TPSA) is 55.8 Å². The van der Waals surface area contributed by atoms with E-state index in [0.717, 1.165) is 30.6 Å². The maximum atomic E-state index is 11.1. The quantitative estimate of drug-likeness (QED) is 0.367. The second-order valence-corrected chi connectivity index (χ2v) is 7.00. The predicted molar refractivity (Wildman–Crippen MR) is 106 cm³/mol. The molecule has 1 atom stereocenters.